The van der Waals surface area contributed by atoms with Gasteiger partial charge in [-0.15, -0.1) is 0 Å². The Kier molecular flexibility index (Phi) is 13.9. The largest absolute Gasteiger partial charge is 0.496 e. The standard InChI is InChI=1S/C21H23FO5.3C2H6/c1-21(2)11-14-8-16(22)9-15(20(14)27-21)12-26-17-6-4-13(5-7-19(23)24)18(10-17)25-3;3*1-2/h4,6,8-10H,5,7,11-12H2,1-3H3,(H,23,24);3*1-2H3. The van der Waals surface area contributed by atoms with Crippen molar-refractivity contribution in [2.45, 2.75) is 86.9 Å². The van der Waals surface area contributed by atoms with E-state index >= 15 is 0 Å². The van der Waals surface area contributed by atoms with Gasteiger partial charge in [-0.3, -0.25) is 4.79 Å². The van der Waals surface area contributed by atoms with Gasteiger partial charge >= 0.3 is 5.97 Å². The molecule has 0 bridgehead atoms. The van der Waals surface area contributed by atoms with Crippen LogP contribution in [0.1, 0.15) is 78.5 Å². The highest BCUT2D eigenvalue weighted by Crippen LogP contribution is 2.39. The van der Waals surface area contributed by atoms with Crippen LogP contribution in [0, 0.1) is 5.82 Å². The highest BCUT2D eigenvalue weighted by molar-refractivity contribution is 5.67. The Labute approximate surface area is 198 Å². The molecule has 0 aliphatic carbocycles. The van der Waals surface area contributed by atoms with E-state index in [-0.39, 0.29) is 24.4 Å². The van der Waals surface area contributed by atoms with Gasteiger partial charge in [0, 0.05) is 30.0 Å². The Hall–Kier alpha value is -2.76. The Bertz CT molecular complexity index is 862. The number of hydrogen-bond acceptors (Lipinski definition) is 4. The number of fused-ring (bicyclic) bond motifs is 1. The minimum absolute atomic E-state index is 0.0269. The quantitative estimate of drug-likeness (QED) is 0.468. The third-order valence-corrected chi connectivity index (χ3v) is 4.46. The summed E-state index contributed by atoms with van der Waals surface area (Å²) in [5, 5.41) is 8.83. The van der Waals surface area contributed by atoms with Gasteiger partial charge in [0.25, 0.3) is 0 Å². The highest BCUT2D eigenvalue weighted by Gasteiger charge is 2.32. The monoisotopic (exact) mass is 464 g/mol. The first-order valence-corrected chi connectivity index (χ1v) is 11.8. The van der Waals surface area contributed by atoms with Gasteiger partial charge in [0.2, 0.25) is 0 Å². The summed E-state index contributed by atoms with van der Waals surface area (Å²) in [5.74, 6) is 0.638. The van der Waals surface area contributed by atoms with Crippen molar-refractivity contribution in [2.24, 2.45) is 0 Å². The van der Waals surface area contributed by atoms with E-state index in [4.69, 9.17) is 19.3 Å². The lowest BCUT2D eigenvalue weighted by atomic mass is 10.0. The minimum Gasteiger partial charge on any atom is -0.496 e. The molecule has 2 aromatic carbocycles. The summed E-state index contributed by atoms with van der Waals surface area (Å²) >= 11 is 0. The fourth-order valence-corrected chi connectivity index (χ4v) is 3.28. The molecule has 0 amide bonds. The molecule has 0 saturated heterocycles. The number of aryl methyl sites for hydroxylation is 1. The third kappa shape index (κ3) is 9.32. The van der Waals surface area contributed by atoms with Gasteiger partial charge in [-0.05, 0) is 44.0 Å². The maximum Gasteiger partial charge on any atom is 0.303 e. The van der Waals surface area contributed by atoms with Crippen molar-refractivity contribution < 1.29 is 28.5 Å². The van der Waals surface area contributed by atoms with Crippen molar-refractivity contribution >= 4 is 5.97 Å². The maximum atomic E-state index is 13.9. The average Bonchev–Trinajstić information content (AvgIpc) is 3.13. The number of carboxylic acids is 1. The van der Waals surface area contributed by atoms with E-state index in [0.717, 1.165) is 11.1 Å². The van der Waals surface area contributed by atoms with Crippen LogP contribution in [0.15, 0.2) is 30.3 Å². The van der Waals surface area contributed by atoms with Gasteiger partial charge in [-0.2, -0.15) is 0 Å². The number of aliphatic carboxylic acids is 1. The van der Waals surface area contributed by atoms with Crippen LogP contribution in [-0.2, 0) is 24.2 Å². The van der Waals surface area contributed by atoms with E-state index in [1.807, 2.05) is 55.4 Å². The number of rotatable bonds is 7. The SMILES string of the molecule is CC.CC.CC.COc1cc(OCc2cc(F)cc3c2OC(C)(C)C3)ccc1CCC(=O)O. The van der Waals surface area contributed by atoms with Crippen molar-refractivity contribution in [3.05, 3.63) is 52.8 Å². The zero-order chi connectivity index (χ0) is 25.6. The molecule has 3 rings (SSSR count). The second-order valence-electron chi connectivity index (χ2n) is 7.25. The van der Waals surface area contributed by atoms with Gasteiger partial charge in [-0.25, -0.2) is 4.39 Å². The predicted octanol–water partition coefficient (Wildman–Crippen LogP) is 7.22. The molecule has 2 aromatic rings. The molecule has 0 saturated carbocycles. The second-order valence-corrected chi connectivity index (χ2v) is 7.25. The average molecular weight is 465 g/mol. The molecule has 1 N–H and O–H groups in total. The van der Waals surface area contributed by atoms with Crippen molar-refractivity contribution in [1.29, 1.82) is 0 Å². The summed E-state index contributed by atoms with van der Waals surface area (Å²) in [6.45, 7) is 16.1. The van der Waals surface area contributed by atoms with Gasteiger partial charge in [0.05, 0.1) is 7.11 Å². The minimum atomic E-state index is -0.861. The molecule has 5 nitrogen and oxygen atoms in total. The van der Waals surface area contributed by atoms with E-state index in [1.54, 1.807) is 18.2 Å². The number of methoxy groups -OCH3 is 1. The molecule has 0 unspecified atom stereocenters. The Morgan fingerprint density at radius 1 is 1.06 bits per heavy atom. The van der Waals surface area contributed by atoms with Crippen LogP contribution < -0.4 is 14.2 Å². The van der Waals surface area contributed by atoms with Crippen LogP contribution in [-0.4, -0.2) is 23.8 Å². The van der Waals surface area contributed by atoms with E-state index in [0.29, 0.717) is 35.7 Å². The van der Waals surface area contributed by atoms with Gasteiger partial charge in [0.15, 0.2) is 0 Å². The number of carbonyl (C=O) groups is 1. The molecule has 33 heavy (non-hydrogen) atoms. The number of ether oxygens (including phenoxy) is 3. The lowest BCUT2D eigenvalue weighted by molar-refractivity contribution is -0.136. The summed E-state index contributed by atoms with van der Waals surface area (Å²) in [6, 6.07) is 8.19. The van der Waals surface area contributed by atoms with E-state index < -0.39 is 5.97 Å². The van der Waals surface area contributed by atoms with Crippen molar-refractivity contribution in [3.63, 3.8) is 0 Å². The molecule has 0 radical (unpaired) electrons. The fourth-order valence-electron chi connectivity index (χ4n) is 3.28. The lowest BCUT2D eigenvalue weighted by Gasteiger charge is -2.18. The van der Waals surface area contributed by atoms with Gasteiger partial charge < -0.3 is 19.3 Å². The second kappa shape index (κ2) is 15.1. The third-order valence-electron chi connectivity index (χ3n) is 4.46. The molecule has 1 aliphatic rings. The van der Waals surface area contributed by atoms with E-state index in [9.17, 15) is 9.18 Å². The Balaban J connectivity index is 0.00000158. The molecule has 0 aromatic heterocycles. The molecule has 1 heterocycles. The summed E-state index contributed by atoms with van der Waals surface area (Å²) in [4.78, 5) is 10.8. The number of benzene rings is 2. The van der Waals surface area contributed by atoms with Crippen LogP contribution >= 0.6 is 0 Å². The van der Waals surface area contributed by atoms with Gasteiger partial charge in [0.1, 0.15) is 35.3 Å². The number of halogens is 1. The molecule has 0 atom stereocenters. The zero-order valence-corrected chi connectivity index (χ0v) is 21.7. The normalized spacial score (nSPS) is 12.3. The fraction of sp³-hybridized carbons (Fsp3) is 0.519. The predicted molar refractivity (Wildman–Crippen MR) is 132 cm³/mol. The first kappa shape index (κ1) is 30.2. The van der Waals surface area contributed by atoms with Crippen LogP contribution in [0.4, 0.5) is 4.39 Å². The molecular weight excluding hydrogens is 423 g/mol. The molecule has 0 fully saturated rings. The van der Waals surface area contributed by atoms with Crippen molar-refractivity contribution in [2.75, 3.05) is 7.11 Å². The summed E-state index contributed by atoms with van der Waals surface area (Å²) < 4.78 is 31.1. The number of hydrogen-bond donors (Lipinski definition) is 1. The molecule has 1 aliphatic heterocycles. The Morgan fingerprint density at radius 2 is 1.70 bits per heavy atom. The van der Waals surface area contributed by atoms with Crippen LogP contribution in [0.2, 0.25) is 0 Å². The Morgan fingerprint density at radius 3 is 2.27 bits per heavy atom. The molecule has 186 valence electrons. The van der Waals surface area contributed by atoms with E-state index in [1.165, 1.54) is 19.2 Å². The van der Waals surface area contributed by atoms with Crippen LogP contribution in [0.5, 0.6) is 17.2 Å². The summed E-state index contributed by atoms with van der Waals surface area (Å²) in [7, 11) is 1.53. The first-order valence-electron chi connectivity index (χ1n) is 11.8. The molecular formula is C27H41FO5. The lowest BCUT2D eigenvalue weighted by Crippen LogP contribution is -2.25. The molecule has 0 spiro atoms. The first-order chi connectivity index (χ1) is 15.8. The van der Waals surface area contributed by atoms with Crippen LogP contribution in [0.3, 0.4) is 0 Å². The smallest absolute Gasteiger partial charge is 0.303 e. The topological polar surface area (TPSA) is 65.0 Å². The van der Waals surface area contributed by atoms with E-state index in [2.05, 4.69) is 0 Å². The number of carboxylic acid groups (broad SMARTS) is 1. The summed E-state index contributed by atoms with van der Waals surface area (Å²) in [6.07, 6.45) is 1.05. The van der Waals surface area contributed by atoms with Crippen molar-refractivity contribution in [3.8, 4) is 17.2 Å². The highest BCUT2D eigenvalue weighted by atomic mass is 19.1. The zero-order valence-electron chi connectivity index (χ0n) is 21.7. The summed E-state index contributed by atoms with van der Waals surface area (Å²) in [5.41, 5.74) is 1.94. The maximum absolute atomic E-state index is 13.9. The van der Waals surface area contributed by atoms with Gasteiger partial charge in [-0.1, -0.05) is 47.6 Å². The van der Waals surface area contributed by atoms with Crippen LogP contribution in [0.25, 0.3) is 0 Å². The van der Waals surface area contributed by atoms with Crippen molar-refractivity contribution in [1.82, 2.24) is 0 Å². The molecule has 6 heteroatoms.